The third-order valence-corrected chi connectivity index (χ3v) is 3.42. The molecule has 0 fully saturated rings. The molecule has 0 spiro atoms. The first-order chi connectivity index (χ1) is 10.0. The molecule has 0 saturated heterocycles. The van der Waals surface area contributed by atoms with Gasteiger partial charge in [0.05, 0.1) is 6.61 Å². The third-order valence-electron chi connectivity index (χ3n) is 3.42. The highest BCUT2D eigenvalue weighted by Gasteiger charge is 2.24. The van der Waals surface area contributed by atoms with Crippen molar-refractivity contribution in [3.05, 3.63) is 41.5 Å². The highest BCUT2D eigenvalue weighted by atomic mass is 19.1. The van der Waals surface area contributed by atoms with Crippen molar-refractivity contribution < 1.29 is 18.3 Å². The topological polar surface area (TPSA) is 32.8 Å². The van der Waals surface area contributed by atoms with Crippen LogP contribution in [0.3, 0.4) is 0 Å². The molecule has 0 aliphatic carbocycles. The summed E-state index contributed by atoms with van der Waals surface area (Å²) in [5.74, 6) is -0.973. The average Bonchev–Trinajstić information content (AvgIpc) is 2.96. The van der Waals surface area contributed by atoms with Gasteiger partial charge in [0.1, 0.15) is 11.6 Å². The van der Waals surface area contributed by atoms with Gasteiger partial charge >= 0.3 is 6.03 Å². The molecule has 2 rings (SSSR count). The molecule has 114 valence electrons. The van der Waals surface area contributed by atoms with Crippen molar-refractivity contribution in [2.24, 2.45) is 0 Å². The van der Waals surface area contributed by atoms with E-state index < -0.39 is 11.6 Å². The quantitative estimate of drug-likeness (QED) is 0.854. The van der Waals surface area contributed by atoms with Gasteiger partial charge in [0.15, 0.2) is 0 Å². The average molecular weight is 296 g/mol. The molecule has 0 aromatic heterocycles. The smallest absolute Gasteiger partial charge is 0.320 e. The summed E-state index contributed by atoms with van der Waals surface area (Å²) in [5, 5.41) is 0. The van der Waals surface area contributed by atoms with Crippen molar-refractivity contribution in [2.45, 2.75) is 0 Å². The fourth-order valence-electron chi connectivity index (χ4n) is 2.20. The number of rotatable bonds is 4. The number of urea groups is 1. The van der Waals surface area contributed by atoms with E-state index in [-0.39, 0.29) is 18.1 Å². The Balaban J connectivity index is 2.02. The molecule has 1 aromatic rings. The first-order valence-electron chi connectivity index (χ1n) is 6.66. The third kappa shape index (κ3) is 3.58. The van der Waals surface area contributed by atoms with Crippen LogP contribution in [-0.2, 0) is 4.74 Å². The second-order valence-electron chi connectivity index (χ2n) is 4.93. The number of nitrogens with zero attached hydrogens (tertiary/aromatic N) is 2. The van der Waals surface area contributed by atoms with Crippen molar-refractivity contribution in [3.63, 3.8) is 0 Å². The van der Waals surface area contributed by atoms with E-state index >= 15 is 0 Å². The lowest BCUT2D eigenvalue weighted by Crippen LogP contribution is -2.41. The maximum Gasteiger partial charge on any atom is 0.320 e. The molecular weight excluding hydrogens is 278 g/mol. The number of carbonyl (C=O) groups excluding carboxylic acids is 1. The first kappa shape index (κ1) is 15.4. The number of ether oxygens (including phenoxy) is 1. The Bertz CT molecular complexity index is 561. The minimum atomic E-state index is -0.491. The van der Waals surface area contributed by atoms with Crippen LogP contribution in [0.2, 0.25) is 0 Å². The molecule has 0 saturated carbocycles. The van der Waals surface area contributed by atoms with Gasteiger partial charge in [0.25, 0.3) is 0 Å². The molecule has 0 bridgehead atoms. The van der Waals surface area contributed by atoms with E-state index in [1.165, 1.54) is 0 Å². The molecule has 1 aliphatic heterocycles. The second kappa shape index (κ2) is 6.67. The van der Waals surface area contributed by atoms with E-state index in [4.69, 9.17) is 4.74 Å². The summed E-state index contributed by atoms with van der Waals surface area (Å²) in [4.78, 5) is 15.3. The second-order valence-corrected chi connectivity index (χ2v) is 4.93. The van der Waals surface area contributed by atoms with Gasteiger partial charge in [-0.15, -0.1) is 0 Å². The fraction of sp³-hybridized carbons (Fsp3) is 0.400. The van der Waals surface area contributed by atoms with Gasteiger partial charge in [-0.1, -0.05) is 6.08 Å². The number of likely N-dealkylation sites (N-methyl/N-ethyl adjacent to an activating group) is 1. The summed E-state index contributed by atoms with van der Waals surface area (Å²) in [6.07, 6.45) is 1.75. The Labute approximate surface area is 122 Å². The van der Waals surface area contributed by atoms with Gasteiger partial charge in [-0.25, -0.2) is 13.6 Å². The number of carbonyl (C=O) groups is 1. The fourth-order valence-corrected chi connectivity index (χ4v) is 2.20. The van der Waals surface area contributed by atoms with Crippen LogP contribution in [0.25, 0.3) is 5.57 Å². The van der Waals surface area contributed by atoms with Gasteiger partial charge in [0.2, 0.25) is 0 Å². The maximum atomic E-state index is 13.7. The van der Waals surface area contributed by atoms with E-state index in [1.54, 1.807) is 30.0 Å². The lowest BCUT2D eigenvalue weighted by atomic mass is 10.1. The normalized spacial score (nSPS) is 14.3. The number of hydrogen-bond acceptors (Lipinski definition) is 2. The molecule has 1 aromatic carbocycles. The number of hydrogen-bond donors (Lipinski definition) is 0. The van der Waals surface area contributed by atoms with Crippen LogP contribution in [0, 0.1) is 11.6 Å². The standard InChI is InChI=1S/C15H18F2N2O2/c1-18(7-8-21-2)15(20)19-6-5-11(10-19)13-9-12(16)3-4-14(13)17/h3-5,9H,6-8,10H2,1-2H3. The van der Waals surface area contributed by atoms with Gasteiger partial charge in [0, 0.05) is 39.4 Å². The van der Waals surface area contributed by atoms with E-state index in [9.17, 15) is 13.6 Å². The molecule has 1 heterocycles. The Kier molecular flexibility index (Phi) is 4.90. The van der Waals surface area contributed by atoms with Crippen molar-refractivity contribution in [1.82, 2.24) is 9.80 Å². The zero-order chi connectivity index (χ0) is 15.4. The molecule has 6 heteroatoms. The monoisotopic (exact) mass is 296 g/mol. The molecule has 4 nitrogen and oxygen atoms in total. The Morgan fingerprint density at radius 1 is 1.43 bits per heavy atom. The summed E-state index contributed by atoms with van der Waals surface area (Å²) in [6, 6.07) is 3.18. The SMILES string of the molecule is COCCN(C)C(=O)N1CC=C(c2cc(F)ccc2F)C1. The van der Waals surface area contributed by atoms with Gasteiger partial charge < -0.3 is 14.5 Å². The minimum Gasteiger partial charge on any atom is -0.383 e. The van der Waals surface area contributed by atoms with Crippen molar-refractivity contribution in [1.29, 1.82) is 0 Å². The predicted octanol–water partition coefficient (Wildman–Crippen LogP) is 2.36. The van der Waals surface area contributed by atoms with E-state index in [0.29, 0.717) is 25.3 Å². The van der Waals surface area contributed by atoms with Crippen LogP contribution in [0.1, 0.15) is 5.56 Å². The van der Waals surface area contributed by atoms with Crippen LogP contribution in [0.4, 0.5) is 13.6 Å². The van der Waals surface area contributed by atoms with Crippen LogP contribution in [0.15, 0.2) is 24.3 Å². The van der Waals surface area contributed by atoms with Crippen LogP contribution >= 0.6 is 0 Å². The molecule has 2 amide bonds. The zero-order valence-electron chi connectivity index (χ0n) is 12.1. The molecule has 0 N–H and O–H groups in total. The summed E-state index contributed by atoms with van der Waals surface area (Å²) in [7, 11) is 3.25. The van der Waals surface area contributed by atoms with E-state index in [2.05, 4.69) is 0 Å². The van der Waals surface area contributed by atoms with Crippen LogP contribution < -0.4 is 0 Å². The van der Waals surface area contributed by atoms with E-state index in [1.807, 2.05) is 0 Å². The maximum absolute atomic E-state index is 13.7. The van der Waals surface area contributed by atoms with Crippen molar-refractivity contribution in [2.75, 3.05) is 40.4 Å². The minimum absolute atomic E-state index is 0.157. The Hall–Kier alpha value is -1.95. The summed E-state index contributed by atoms with van der Waals surface area (Å²) >= 11 is 0. The first-order valence-corrected chi connectivity index (χ1v) is 6.66. The lowest BCUT2D eigenvalue weighted by molar-refractivity contribution is 0.143. The predicted molar refractivity (Wildman–Crippen MR) is 75.8 cm³/mol. The molecule has 0 unspecified atom stereocenters. The number of benzene rings is 1. The van der Waals surface area contributed by atoms with Crippen LogP contribution in [-0.4, -0.2) is 56.2 Å². The van der Waals surface area contributed by atoms with Crippen molar-refractivity contribution in [3.8, 4) is 0 Å². The zero-order valence-corrected chi connectivity index (χ0v) is 12.1. The summed E-state index contributed by atoms with van der Waals surface area (Å²) < 4.78 is 31.9. The molecule has 21 heavy (non-hydrogen) atoms. The van der Waals surface area contributed by atoms with Crippen LogP contribution in [0.5, 0.6) is 0 Å². The lowest BCUT2D eigenvalue weighted by Gasteiger charge is -2.24. The number of amides is 2. The molecule has 1 aliphatic rings. The van der Waals surface area contributed by atoms with Crippen molar-refractivity contribution >= 4 is 11.6 Å². The number of methoxy groups -OCH3 is 1. The summed E-state index contributed by atoms with van der Waals surface area (Å²) in [6.45, 7) is 1.60. The largest absolute Gasteiger partial charge is 0.383 e. The highest BCUT2D eigenvalue weighted by Crippen LogP contribution is 2.24. The van der Waals surface area contributed by atoms with E-state index in [0.717, 1.165) is 18.2 Å². The molecular formula is C15H18F2N2O2. The Morgan fingerprint density at radius 2 is 2.19 bits per heavy atom. The molecule has 0 radical (unpaired) electrons. The number of halogens is 2. The van der Waals surface area contributed by atoms with Gasteiger partial charge in [-0.3, -0.25) is 0 Å². The Morgan fingerprint density at radius 3 is 2.90 bits per heavy atom. The highest BCUT2D eigenvalue weighted by molar-refractivity contribution is 5.80. The molecule has 0 atom stereocenters. The van der Waals surface area contributed by atoms with Gasteiger partial charge in [-0.2, -0.15) is 0 Å². The van der Waals surface area contributed by atoms with Gasteiger partial charge in [-0.05, 0) is 23.8 Å². The summed E-state index contributed by atoms with van der Waals surface area (Å²) in [5.41, 5.74) is 0.838.